The number of phenolic OH excluding ortho intramolecular Hbond substituents is 1. The van der Waals surface area contributed by atoms with Gasteiger partial charge in [0.1, 0.15) is 41.8 Å². The van der Waals surface area contributed by atoms with Crippen molar-refractivity contribution >= 4 is 29.7 Å². The van der Waals surface area contributed by atoms with Crippen LogP contribution in [0.5, 0.6) is 11.5 Å². The Hall–Kier alpha value is -4.28. The van der Waals surface area contributed by atoms with Crippen molar-refractivity contribution in [2.75, 3.05) is 11.5 Å². The Labute approximate surface area is 219 Å². The fraction of sp³-hybridized carbons (Fsp3) is 0.333. The molecule has 208 valence electrons. The largest absolute Gasteiger partial charge is 0.504 e. The van der Waals surface area contributed by atoms with E-state index in [4.69, 9.17) is 9.47 Å². The molecule has 6 atom stereocenters. The summed E-state index contributed by atoms with van der Waals surface area (Å²) in [5, 5.41) is 78.2. The molecule has 15 nitrogen and oxygen atoms in total. The number of aliphatic hydroxyl groups is 4. The first kappa shape index (κ1) is 27.7. The summed E-state index contributed by atoms with van der Waals surface area (Å²) in [6.07, 6.45) is -5.41. The molecule has 0 bridgehead atoms. The number of nitrogens with zero attached hydrogens (tertiary/aromatic N) is 2. The number of aromatic carboxylic acids is 2. The molecule has 0 unspecified atom stereocenters. The number of carboxylic acids is 3. The third-order valence-electron chi connectivity index (χ3n) is 6.28. The third kappa shape index (κ3) is 5.47. The highest BCUT2D eigenvalue weighted by atomic mass is 16.7. The summed E-state index contributed by atoms with van der Waals surface area (Å²) in [6.45, 7) is -0.693. The molecule has 1 fully saturated rings. The number of aliphatic carboxylic acids is 1. The molecule has 1 saturated heterocycles. The molecule has 0 aliphatic carbocycles. The third-order valence-corrected chi connectivity index (χ3v) is 6.28. The second-order valence-electron chi connectivity index (χ2n) is 8.83. The summed E-state index contributed by atoms with van der Waals surface area (Å²) >= 11 is 0. The monoisotopic (exact) mass is 548 g/mol. The van der Waals surface area contributed by atoms with Gasteiger partial charge in [0.25, 0.3) is 0 Å². The zero-order chi connectivity index (χ0) is 28.6. The lowest BCUT2D eigenvalue weighted by molar-refractivity contribution is -0.277. The van der Waals surface area contributed by atoms with Crippen LogP contribution in [0, 0.1) is 0 Å². The molecule has 2 aliphatic heterocycles. The number of aliphatic hydroxyl groups excluding tert-OH is 4. The van der Waals surface area contributed by atoms with E-state index in [1.165, 1.54) is 29.3 Å². The van der Waals surface area contributed by atoms with Crippen molar-refractivity contribution in [2.24, 2.45) is 0 Å². The Bertz CT molecular complexity index is 1300. The molecular formula is C24H24N2O13. The SMILES string of the molecule is O=C(O)c1cc(/C=C/N2c3cc(O)c(O[C@@H]4O[C@H](CO)[C@@H](O)[C@H](O)[C@H]4O)cc3C[C@H]2C(=O)O)cc(C(=O)O)n1. The van der Waals surface area contributed by atoms with Crippen LogP contribution in [-0.2, 0) is 16.0 Å². The van der Waals surface area contributed by atoms with E-state index in [0.717, 1.165) is 12.1 Å². The first-order valence-electron chi connectivity index (χ1n) is 11.4. The lowest BCUT2D eigenvalue weighted by Gasteiger charge is -2.39. The van der Waals surface area contributed by atoms with Crippen LogP contribution < -0.4 is 9.64 Å². The number of carbonyl (C=O) groups is 3. The quantitative estimate of drug-likeness (QED) is 0.194. The predicted molar refractivity (Wildman–Crippen MR) is 127 cm³/mol. The number of hydrogen-bond acceptors (Lipinski definition) is 12. The second kappa shape index (κ2) is 10.8. The van der Waals surface area contributed by atoms with Crippen LogP contribution in [0.1, 0.15) is 32.1 Å². The van der Waals surface area contributed by atoms with Crippen molar-refractivity contribution in [1.82, 2.24) is 4.98 Å². The van der Waals surface area contributed by atoms with Crippen LogP contribution >= 0.6 is 0 Å². The van der Waals surface area contributed by atoms with Crippen molar-refractivity contribution in [1.29, 1.82) is 0 Å². The maximum absolute atomic E-state index is 12.0. The Kier molecular flexibility index (Phi) is 7.71. The van der Waals surface area contributed by atoms with Gasteiger partial charge in [-0.15, -0.1) is 0 Å². The second-order valence-corrected chi connectivity index (χ2v) is 8.83. The molecule has 3 heterocycles. The normalized spacial score (nSPS) is 26.4. The minimum absolute atomic E-state index is 0.0720. The van der Waals surface area contributed by atoms with Crippen molar-refractivity contribution in [2.45, 2.75) is 43.2 Å². The number of aromatic nitrogens is 1. The van der Waals surface area contributed by atoms with Crippen LogP contribution in [0.15, 0.2) is 30.5 Å². The highest BCUT2D eigenvalue weighted by Crippen LogP contribution is 2.42. The lowest BCUT2D eigenvalue weighted by Crippen LogP contribution is -2.60. The average molecular weight is 548 g/mol. The van der Waals surface area contributed by atoms with E-state index in [-0.39, 0.29) is 23.4 Å². The van der Waals surface area contributed by atoms with Gasteiger partial charge in [-0.3, -0.25) is 0 Å². The predicted octanol–water partition coefficient (Wildman–Crippen LogP) is -1.15. The number of anilines is 1. The molecule has 39 heavy (non-hydrogen) atoms. The van der Waals surface area contributed by atoms with Gasteiger partial charge in [-0.05, 0) is 35.4 Å². The van der Waals surface area contributed by atoms with Gasteiger partial charge < -0.3 is 55.2 Å². The Morgan fingerprint density at radius 3 is 2.21 bits per heavy atom. The van der Waals surface area contributed by atoms with E-state index in [0.29, 0.717) is 5.56 Å². The standard InChI is InChI=1S/C24H24N2O13/c27-8-17-18(29)19(30)20(31)24(39-17)38-16-6-10-5-14(23(36)37)26(13(10)7-15(16)28)2-1-9-3-11(21(32)33)25-12(4-9)22(34)35/h1-4,6-7,14,17-20,24,27-31H,5,8H2,(H,32,33)(H,34,35)(H,36,37)/b2-1+/t14-,17+,18+,19-,20+,24+/m0/s1. The number of benzene rings is 1. The number of fused-ring (bicyclic) bond motifs is 1. The summed E-state index contributed by atoms with van der Waals surface area (Å²) < 4.78 is 10.8. The summed E-state index contributed by atoms with van der Waals surface area (Å²) in [5.41, 5.74) is -0.318. The van der Waals surface area contributed by atoms with Crippen LogP contribution in [0.4, 0.5) is 5.69 Å². The zero-order valence-corrected chi connectivity index (χ0v) is 19.9. The fourth-order valence-electron chi connectivity index (χ4n) is 4.29. The molecule has 0 amide bonds. The van der Waals surface area contributed by atoms with E-state index in [9.17, 15) is 55.2 Å². The summed E-state index contributed by atoms with van der Waals surface area (Å²) in [6, 6.07) is 3.52. The number of aromatic hydroxyl groups is 1. The molecule has 1 aromatic heterocycles. The summed E-state index contributed by atoms with van der Waals surface area (Å²) in [7, 11) is 0. The molecule has 4 rings (SSSR count). The minimum atomic E-state index is -1.74. The van der Waals surface area contributed by atoms with Crippen molar-refractivity contribution < 1.29 is 64.7 Å². The van der Waals surface area contributed by atoms with Crippen LogP contribution in [0.2, 0.25) is 0 Å². The molecular weight excluding hydrogens is 524 g/mol. The molecule has 2 aromatic rings. The van der Waals surface area contributed by atoms with Gasteiger partial charge >= 0.3 is 17.9 Å². The first-order chi connectivity index (χ1) is 18.4. The molecule has 0 saturated carbocycles. The fourth-order valence-corrected chi connectivity index (χ4v) is 4.29. The summed E-state index contributed by atoms with van der Waals surface area (Å²) in [5.74, 6) is -4.89. The van der Waals surface area contributed by atoms with Gasteiger partial charge in [0, 0.05) is 24.4 Å². The minimum Gasteiger partial charge on any atom is -0.504 e. The van der Waals surface area contributed by atoms with Gasteiger partial charge in [-0.25, -0.2) is 19.4 Å². The van der Waals surface area contributed by atoms with Crippen molar-refractivity contribution in [3.05, 3.63) is 53.0 Å². The van der Waals surface area contributed by atoms with Crippen LogP contribution in [0.3, 0.4) is 0 Å². The Morgan fingerprint density at radius 1 is 1.00 bits per heavy atom. The Balaban J connectivity index is 1.64. The van der Waals surface area contributed by atoms with Crippen molar-refractivity contribution in [3.63, 3.8) is 0 Å². The number of hydrogen-bond donors (Lipinski definition) is 8. The molecule has 1 aromatic carbocycles. The number of rotatable bonds is 8. The van der Waals surface area contributed by atoms with Gasteiger partial charge in [-0.2, -0.15) is 0 Å². The zero-order valence-electron chi connectivity index (χ0n) is 19.9. The van der Waals surface area contributed by atoms with Gasteiger partial charge in [0.15, 0.2) is 11.5 Å². The van der Waals surface area contributed by atoms with E-state index in [1.54, 1.807) is 0 Å². The maximum atomic E-state index is 12.0. The first-order valence-corrected chi connectivity index (χ1v) is 11.4. The summed E-state index contributed by atoms with van der Waals surface area (Å²) in [4.78, 5) is 39.4. The average Bonchev–Trinajstić information content (AvgIpc) is 3.24. The molecule has 2 aliphatic rings. The van der Waals surface area contributed by atoms with Crippen molar-refractivity contribution in [3.8, 4) is 11.5 Å². The molecule has 15 heteroatoms. The van der Waals surface area contributed by atoms with E-state index in [1.807, 2.05) is 0 Å². The number of ether oxygens (including phenoxy) is 2. The highest BCUT2D eigenvalue weighted by Gasteiger charge is 2.45. The molecule has 0 radical (unpaired) electrons. The van der Waals surface area contributed by atoms with E-state index in [2.05, 4.69) is 4.98 Å². The number of carboxylic acid groups (broad SMARTS) is 3. The van der Waals surface area contributed by atoms with Gasteiger partial charge in [0.05, 0.1) is 6.61 Å². The lowest BCUT2D eigenvalue weighted by atomic mass is 9.99. The van der Waals surface area contributed by atoms with Gasteiger partial charge in [0.2, 0.25) is 6.29 Å². The Morgan fingerprint density at radius 2 is 1.64 bits per heavy atom. The highest BCUT2D eigenvalue weighted by molar-refractivity contribution is 5.91. The van der Waals surface area contributed by atoms with E-state index >= 15 is 0 Å². The van der Waals surface area contributed by atoms with E-state index < -0.39 is 78.4 Å². The molecule has 8 N–H and O–H groups in total. The smallest absolute Gasteiger partial charge is 0.354 e. The number of phenols is 1. The number of pyridine rings is 1. The molecule has 0 spiro atoms. The van der Waals surface area contributed by atoms with Crippen LogP contribution in [0.25, 0.3) is 6.08 Å². The van der Waals surface area contributed by atoms with Gasteiger partial charge in [-0.1, -0.05) is 0 Å². The topological polar surface area (TPSA) is 248 Å². The maximum Gasteiger partial charge on any atom is 0.354 e. The van der Waals surface area contributed by atoms with Crippen LogP contribution in [-0.4, -0.2) is 107 Å².